The van der Waals surface area contributed by atoms with Crippen molar-refractivity contribution < 1.29 is 0 Å². The van der Waals surface area contributed by atoms with Gasteiger partial charge in [-0.2, -0.15) is 0 Å². The van der Waals surface area contributed by atoms with Crippen LogP contribution < -0.4 is 4.90 Å². The van der Waals surface area contributed by atoms with Crippen molar-refractivity contribution in [1.29, 1.82) is 0 Å². The summed E-state index contributed by atoms with van der Waals surface area (Å²) < 4.78 is 0. The molecule has 2 fully saturated rings. The quantitative estimate of drug-likeness (QED) is 0.706. The van der Waals surface area contributed by atoms with Gasteiger partial charge in [0.25, 0.3) is 0 Å². The Morgan fingerprint density at radius 2 is 1.48 bits per heavy atom. The van der Waals surface area contributed by atoms with Gasteiger partial charge >= 0.3 is 0 Å². The normalized spacial score (nSPS) is 23.2. The smallest absolute Gasteiger partial charge is 0.128 e. The van der Waals surface area contributed by atoms with E-state index in [4.69, 9.17) is 0 Å². The van der Waals surface area contributed by atoms with E-state index in [0.717, 1.165) is 30.9 Å². The van der Waals surface area contributed by atoms with Gasteiger partial charge in [0.2, 0.25) is 0 Å². The van der Waals surface area contributed by atoms with Crippen molar-refractivity contribution in [2.24, 2.45) is 0 Å². The summed E-state index contributed by atoms with van der Waals surface area (Å²) in [4.78, 5) is 9.65. The molecular formula is C22H31Cl2N3. The Morgan fingerprint density at radius 3 is 2.11 bits per heavy atom. The zero-order valence-electron chi connectivity index (χ0n) is 16.1. The Morgan fingerprint density at radius 1 is 0.815 bits per heavy atom. The van der Waals surface area contributed by atoms with Gasteiger partial charge in [-0.3, -0.25) is 4.90 Å². The zero-order chi connectivity index (χ0) is 17.1. The molecule has 0 bridgehead atoms. The number of rotatable bonds is 3. The molecule has 1 aromatic heterocycles. The maximum atomic E-state index is 4.50. The first kappa shape index (κ1) is 22.0. The van der Waals surface area contributed by atoms with Gasteiger partial charge in [0.1, 0.15) is 5.82 Å². The monoisotopic (exact) mass is 407 g/mol. The van der Waals surface area contributed by atoms with E-state index in [1.165, 1.54) is 44.3 Å². The van der Waals surface area contributed by atoms with Crippen molar-refractivity contribution in [3.05, 3.63) is 59.8 Å². The molecule has 148 valence electrons. The molecule has 1 aliphatic heterocycles. The van der Waals surface area contributed by atoms with Gasteiger partial charge in [0, 0.05) is 38.4 Å². The van der Waals surface area contributed by atoms with Crippen LogP contribution in [0.15, 0.2) is 48.7 Å². The fourth-order valence-electron chi connectivity index (χ4n) is 4.65. The van der Waals surface area contributed by atoms with Crippen molar-refractivity contribution in [2.45, 2.75) is 44.6 Å². The van der Waals surface area contributed by atoms with E-state index in [0.29, 0.717) is 0 Å². The van der Waals surface area contributed by atoms with Crippen molar-refractivity contribution >= 4 is 30.6 Å². The fourth-order valence-corrected chi connectivity index (χ4v) is 4.65. The molecule has 2 aromatic rings. The summed E-state index contributed by atoms with van der Waals surface area (Å²) in [5, 5.41) is 0. The van der Waals surface area contributed by atoms with E-state index in [2.05, 4.69) is 58.1 Å². The molecule has 0 spiro atoms. The van der Waals surface area contributed by atoms with Crippen molar-refractivity contribution in [3.63, 3.8) is 0 Å². The van der Waals surface area contributed by atoms with Crippen LogP contribution >= 0.6 is 24.8 Å². The first-order valence-corrected chi connectivity index (χ1v) is 9.77. The third kappa shape index (κ3) is 5.16. The van der Waals surface area contributed by atoms with E-state index in [1.54, 1.807) is 5.56 Å². The Balaban J connectivity index is 0.00000131. The highest BCUT2D eigenvalue weighted by Crippen LogP contribution is 2.36. The summed E-state index contributed by atoms with van der Waals surface area (Å²) in [5.41, 5.74) is 3.05. The predicted octanol–water partition coefficient (Wildman–Crippen LogP) is 5.08. The van der Waals surface area contributed by atoms with E-state index in [1.807, 2.05) is 12.3 Å². The third-order valence-corrected chi connectivity index (χ3v) is 6.13. The second-order valence-corrected chi connectivity index (χ2v) is 7.57. The van der Waals surface area contributed by atoms with Crippen LogP contribution in [0.5, 0.6) is 0 Å². The van der Waals surface area contributed by atoms with Crippen LogP contribution in [0.25, 0.3) is 0 Å². The van der Waals surface area contributed by atoms with Gasteiger partial charge in [0.15, 0.2) is 0 Å². The number of anilines is 1. The first-order chi connectivity index (χ1) is 12.3. The molecule has 0 N–H and O–H groups in total. The lowest BCUT2D eigenvalue weighted by Crippen LogP contribution is -2.51. The van der Waals surface area contributed by atoms with Crippen LogP contribution in [-0.4, -0.2) is 42.1 Å². The molecule has 4 rings (SSSR count). The summed E-state index contributed by atoms with van der Waals surface area (Å²) in [6.07, 6.45) is 7.28. The largest absolute Gasteiger partial charge is 0.354 e. The number of nitrogens with zero attached hydrogens (tertiary/aromatic N) is 3. The lowest BCUT2D eigenvalue weighted by molar-refractivity contribution is 0.141. The number of benzene rings is 1. The third-order valence-electron chi connectivity index (χ3n) is 6.13. The minimum Gasteiger partial charge on any atom is -0.354 e. The minimum absolute atomic E-state index is 0. The summed E-state index contributed by atoms with van der Waals surface area (Å²) in [6.45, 7) is 6.83. The maximum Gasteiger partial charge on any atom is 0.128 e. The predicted molar refractivity (Wildman–Crippen MR) is 119 cm³/mol. The van der Waals surface area contributed by atoms with E-state index < -0.39 is 0 Å². The van der Waals surface area contributed by atoms with Gasteiger partial charge in [-0.05, 0) is 61.8 Å². The number of piperazine rings is 1. The van der Waals surface area contributed by atoms with Crippen LogP contribution in [0.4, 0.5) is 5.82 Å². The Kier molecular flexibility index (Phi) is 8.40. The molecule has 1 aromatic carbocycles. The zero-order valence-corrected chi connectivity index (χ0v) is 17.7. The van der Waals surface area contributed by atoms with Crippen molar-refractivity contribution in [3.8, 4) is 0 Å². The summed E-state index contributed by atoms with van der Waals surface area (Å²) in [5.74, 6) is 1.90. The highest BCUT2D eigenvalue weighted by molar-refractivity contribution is 5.85. The van der Waals surface area contributed by atoms with E-state index >= 15 is 0 Å². The average Bonchev–Trinajstić information content (AvgIpc) is 2.69. The van der Waals surface area contributed by atoms with Crippen LogP contribution in [0.2, 0.25) is 0 Å². The highest BCUT2D eigenvalue weighted by atomic mass is 35.5. The second kappa shape index (κ2) is 10.3. The molecule has 1 saturated carbocycles. The number of aromatic nitrogens is 1. The van der Waals surface area contributed by atoms with Gasteiger partial charge in [-0.1, -0.05) is 30.3 Å². The molecule has 3 nitrogen and oxygen atoms in total. The van der Waals surface area contributed by atoms with Crippen molar-refractivity contribution in [2.75, 3.05) is 31.1 Å². The minimum atomic E-state index is 0. The molecular weight excluding hydrogens is 377 g/mol. The number of aryl methyl sites for hydroxylation is 1. The molecule has 0 radical (unpaired) electrons. The molecule has 1 aliphatic carbocycles. The summed E-state index contributed by atoms with van der Waals surface area (Å²) in [6, 6.07) is 15.9. The van der Waals surface area contributed by atoms with Gasteiger partial charge in [0.05, 0.1) is 0 Å². The topological polar surface area (TPSA) is 19.4 Å². The van der Waals surface area contributed by atoms with Crippen LogP contribution in [0.3, 0.4) is 0 Å². The van der Waals surface area contributed by atoms with Crippen LogP contribution in [-0.2, 0) is 0 Å². The molecule has 5 heteroatoms. The van der Waals surface area contributed by atoms with Gasteiger partial charge in [-0.25, -0.2) is 4.98 Å². The van der Waals surface area contributed by atoms with E-state index in [-0.39, 0.29) is 24.8 Å². The number of hydrogen-bond donors (Lipinski definition) is 0. The lowest BCUT2D eigenvalue weighted by atomic mass is 9.79. The summed E-state index contributed by atoms with van der Waals surface area (Å²) in [7, 11) is 0. The molecule has 27 heavy (non-hydrogen) atoms. The average molecular weight is 408 g/mol. The molecule has 2 heterocycles. The maximum absolute atomic E-state index is 4.50. The molecule has 2 aliphatic rings. The Labute approximate surface area is 176 Å². The fraction of sp³-hybridized carbons (Fsp3) is 0.500. The van der Waals surface area contributed by atoms with Crippen molar-refractivity contribution in [1.82, 2.24) is 9.88 Å². The lowest BCUT2D eigenvalue weighted by Gasteiger charge is -2.42. The standard InChI is InChI=1S/C22H29N3.2ClH/c1-18-6-2-3-7-21(18)19-9-11-20(12-10-19)24-14-16-25(17-15-24)22-8-4-5-13-23-22;;/h2-8,13,19-20H,9-12,14-17H2,1H3;2*1H. The van der Waals surface area contributed by atoms with Crippen LogP contribution in [0, 0.1) is 6.92 Å². The SMILES string of the molecule is Cc1ccccc1C1CCC(N2CCN(c3ccccn3)CC2)CC1.Cl.Cl. The molecule has 0 amide bonds. The molecule has 0 unspecified atom stereocenters. The van der Waals surface area contributed by atoms with Gasteiger partial charge in [-0.15, -0.1) is 24.8 Å². The highest BCUT2D eigenvalue weighted by Gasteiger charge is 2.29. The van der Waals surface area contributed by atoms with Crippen LogP contribution in [0.1, 0.15) is 42.7 Å². The first-order valence-electron chi connectivity index (χ1n) is 9.77. The molecule has 1 saturated heterocycles. The summed E-state index contributed by atoms with van der Waals surface area (Å²) >= 11 is 0. The van der Waals surface area contributed by atoms with Gasteiger partial charge < -0.3 is 4.90 Å². The number of pyridine rings is 1. The molecule has 0 atom stereocenters. The van der Waals surface area contributed by atoms with E-state index in [9.17, 15) is 0 Å². The Bertz CT molecular complexity index is 679. The Hall–Kier alpha value is -1.29. The second-order valence-electron chi connectivity index (χ2n) is 7.57. The number of halogens is 2. The number of hydrogen-bond acceptors (Lipinski definition) is 3.